The van der Waals surface area contributed by atoms with E-state index >= 15 is 0 Å². The molecule has 0 N–H and O–H groups in total. The van der Waals surface area contributed by atoms with Crippen molar-refractivity contribution < 1.29 is 8.69 Å². The van der Waals surface area contributed by atoms with E-state index in [1.165, 1.54) is 0 Å². The predicted octanol–water partition coefficient (Wildman–Crippen LogP) is 1.00. The van der Waals surface area contributed by atoms with E-state index in [2.05, 4.69) is 68.0 Å². The predicted molar refractivity (Wildman–Crippen MR) is 89.4 cm³/mol. The quantitative estimate of drug-likeness (QED) is 0.722. The van der Waals surface area contributed by atoms with Crippen LogP contribution in [0.3, 0.4) is 0 Å². The molecule has 0 spiro atoms. The lowest BCUT2D eigenvalue weighted by Gasteiger charge is -2.47. The van der Waals surface area contributed by atoms with Gasteiger partial charge in [0.25, 0.3) is 7.55 Å². The second-order valence-corrected chi connectivity index (χ2v) is 16.1. The summed E-state index contributed by atoms with van der Waals surface area (Å²) in [5, 5.41) is 0. The summed E-state index contributed by atoms with van der Waals surface area (Å²) < 4.78 is 18.9. The second kappa shape index (κ2) is 6.05. The summed E-state index contributed by atoms with van der Waals surface area (Å²) in [5.74, 6) is 0. The van der Waals surface area contributed by atoms with Crippen LogP contribution < -0.4 is 0 Å². The Kier molecular flexibility index (Phi) is 5.56. The molecule has 1 fully saturated rings. The standard InChI is InChI=1S/C9H27B3N3O2Si2/c1-13-10-14(2)12(17-19(7,8)9)15(3)11(13)16-18(4,5)6/h1-9H3. The molecule has 5 nitrogen and oxygen atoms in total. The highest BCUT2D eigenvalue weighted by Crippen LogP contribution is 2.18. The van der Waals surface area contributed by atoms with Crippen LogP contribution in [0.25, 0.3) is 0 Å². The van der Waals surface area contributed by atoms with Gasteiger partial charge in [-0.25, -0.2) is 0 Å². The van der Waals surface area contributed by atoms with Gasteiger partial charge in [-0.15, -0.1) is 0 Å². The summed E-state index contributed by atoms with van der Waals surface area (Å²) in [5.41, 5.74) is 0. The highest BCUT2D eigenvalue weighted by atomic mass is 28.4. The van der Waals surface area contributed by atoms with E-state index in [4.69, 9.17) is 8.69 Å². The Bertz CT molecular complexity index is 286. The highest BCUT2D eigenvalue weighted by Gasteiger charge is 2.48. The van der Waals surface area contributed by atoms with Crippen LogP contribution in [-0.4, -0.2) is 73.9 Å². The van der Waals surface area contributed by atoms with Crippen molar-refractivity contribution in [3.8, 4) is 0 Å². The fourth-order valence-corrected chi connectivity index (χ4v) is 3.98. The van der Waals surface area contributed by atoms with Crippen molar-refractivity contribution in [2.45, 2.75) is 39.3 Å². The second-order valence-electron chi connectivity index (χ2n) is 7.22. The molecule has 0 unspecified atom stereocenters. The van der Waals surface area contributed by atoms with E-state index in [1.54, 1.807) is 0 Å². The Morgan fingerprint density at radius 2 is 1.05 bits per heavy atom. The zero-order valence-corrected chi connectivity index (χ0v) is 15.9. The summed E-state index contributed by atoms with van der Waals surface area (Å²) in [7, 11) is 4.91. The third-order valence-electron chi connectivity index (χ3n) is 2.68. The molecule has 1 aliphatic heterocycles. The minimum atomic E-state index is -1.60. The van der Waals surface area contributed by atoms with Gasteiger partial charge in [0, 0.05) is 0 Å². The van der Waals surface area contributed by atoms with E-state index in [0.29, 0.717) is 0 Å². The molecule has 0 aromatic heterocycles. The molecule has 1 aliphatic rings. The van der Waals surface area contributed by atoms with Crippen LogP contribution in [-0.2, 0) is 8.69 Å². The Morgan fingerprint density at radius 3 is 1.32 bits per heavy atom. The van der Waals surface area contributed by atoms with Gasteiger partial charge in [0.2, 0.25) is 0 Å². The minimum absolute atomic E-state index is 0.0517. The third-order valence-corrected chi connectivity index (χ3v) is 4.51. The molecule has 0 aromatic carbocycles. The van der Waals surface area contributed by atoms with Crippen molar-refractivity contribution in [3.05, 3.63) is 0 Å². The van der Waals surface area contributed by atoms with Crippen molar-refractivity contribution in [1.29, 1.82) is 0 Å². The summed E-state index contributed by atoms with van der Waals surface area (Å²) in [6.07, 6.45) is 0. The molecule has 10 heteroatoms. The molecule has 0 aliphatic carbocycles. The molecule has 1 radical (unpaired) electrons. The molecule has 19 heavy (non-hydrogen) atoms. The maximum absolute atomic E-state index is 6.26. The van der Waals surface area contributed by atoms with Crippen LogP contribution in [0, 0.1) is 0 Å². The van der Waals surface area contributed by atoms with Gasteiger partial charge in [-0.05, 0) is 60.4 Å². The number of hydrogen-bond acceptors (Lipinski definition) is 5. The van der Waals surface area contributed by atoms with E-state index in [0.717, 1.165) is 0 Å². The molecule has 0 amide bonds. The number of rotatable bonds is 4. The van der Waals surface area contributed by atoms with Crippen LogP contribution in [0.5, 0.6) is 0 Å². The SMILES string of the molecule is CN1[B]N(C)B(O[Si](C)(C)C)N(C)B1O[Si](C)(C)C. The fourth-order valence-electron chi connectivity index (χ4n) is 2.05. The lowest BCUT2D eigenvalue weighted by molar-refractivity contribution is 0.360. The first-order valence-electron chi connectivity index (χ1n) is 6.77. The number of hydrogen-bond donors (Lipinski definition) is 0. The van der Waals surface area contributed by atoms with Crippen LogP contribution in [0.2, 0.25) is 39.3 Å². The van der Waals surface area contributed by atoms with E-state index in [1.807, 2.05) is 14.1 Å². The summed E-state index contributed by atoms with van der Waals surface area (Å²) >= 11 is 0. The maximum Gasteiger partial charge on any atom is 0.448 e. The first-order chi connectivity index (χ1) is 8.41. The third kappa shape index (κ3) is 5.37. The van der Waals surface area contributed by atoms with Crippen molar-refractivity contribution >= 4 is 38.6 Å². The maximum atomic E-state index is 6.26. The molecule has 107 valence electrons. The zero-order valence-electron chi connectivity index (χ0n) is 13.9. The van der Waals surface area contributed by atoms with E-state index in [9.17, 15) is 0 Å². The van der Waals surface area contributed by atoms with Gasteiger partial charge in [-0.3, -0.25) is 0 Å². The van der Waals surface area contributed by atoms with E-state index < -0.39 is 16.6 Å². The van der Waals surface area contributed by atoms with Crippen molar-refractivity contribution in [2.24, 2.45) is 0 Å². The summed E-state index contributed by atoms with van der Waals surface area (Å²) in [4.78, 5) is 0. The van der Waals surface area contributed by atoms with Crippen LogP contribution in [0.4, 0.5) is 0 Å². The van der Waals surface area contributed by atoms with Crippen molar-refractivity contribution in [1.82, 2.24) is 14.2 Å². The average Bonchev–Trinajstić information content (AvgIpc) is 2.16. The van der Waals surface area contributed by atoms with Gasteiger partial charge in [0.05, 0.1) is 0 Å². The van der Waals surface area contributed by atoms with Crippen LogP contribution in [0.15, 0.2) is 0 Å². The molecule has 1 rings (SSSR count). The Balaban J connectivity index is 2.83. The molecular weight excluding hydrogens is 271 g/mol. The topological polar surface area (TPSA) is 28.2 Å². The smallest absolute Gasteiger partial charge is 0.448 e. The number of nitrogens with zero attached hydrogens (tertiary/aromatic N) is 3. The van der Waals surface area contributed by atoms with Gasteiger partial charge in [-0.2, -0.15) is 0 Å². The van der Waals surface area contributed by atoms with Crippen LogP contribution >= 0.6 is 0 Å². The lowest BCUT2D eigenvalue weighted by Crippen LogP contribution is -2.74. The Morgan fingerprint density at radius 1 is 0.737 bits per heavy atom. The Labute approximate surface area is 122 Å². The van der Waals surface area contributed by atoms with Gasteiger partial charge in [0.15, 0.2) is 16.6 Å². The molecule has 1 saturated heterocycles. The molecule has 0 saturated carbocycles. The van der Waals surface area contributed by atoms with E-state index in [-0.39, 0.29) is 14.4 Å². The summed E-state index contributed by atoms with van der Waals surface area (Å²) in [6.45, 7) is 13.3. The van der Waals surface area contributed by atoms with Crippen molar-refractivity contribution in [2.75, 3.05) is 21.1 Å². The highest BCUT2D eigenvalue weighted by molar-refractivity contribution is 6.85. The normalized spacial score (nSPS) is 20.9. The van der Waals surface area contributed by atoms with Gasteiger partial charge in [0.1, 0.15) is 0 Å². The molecule has 0 atom stereocenters. The average molecular weight is 298 g/mol. The van der Waals surface area contributed by atoms with Gasteiger partial charge in [-0.1, -0.05) is 0 Å². The first-order valence-corrected chi connectivity index (χ1v) is 13.6. The van der Waals surface area contributed by atoms with Crippen molar-refractivity contribution in [3.63, 3.8) is 0 Å². The summed E-state index contributed by atoms with van der Waals surface area (Å²) in [6, 6.07) is 0. The largest absolute Gasteiger partial charge is 0.451 e. The van der Waals surface area contributed by atoms with Crippen LogP contribution in [0.1, 0.15) is 0 Å². The van der Waals surface area contributed by atoms with Gasteiger partial charge < -0.3 is 22.9 Å². The Hall–Kier alpha value is 0.429. The van der Waals surface area contributed by atoms with Gasteiger partial charge >= 0.3 is 14.4 Å². The lowest BCUT2D eigenvalue weighted by atomic mass is 9.68. The molecular formula is C9H27B3N3O2Si2. The molecule has 0 bridgehead atoms. The monoisotopic (exact) mass is 298 g/mol. The zero-order chi connectivity index (χ0) is 15.0. The fraction of sp³-hybridized carbons (Fsp3) is 1.00. The molecule has 0 aromatic rings. The minimum Gasteiger partial charge on any atom is -0.451 e. The molecule has 1 heterocycles. The first kappa shape index (κ1) is 17.5.